The molecule has 14 heteroatoms. The fourth-order valence-corrected chi connectivity index (χ4v) is 9.48. The molecule has 50 heavy (non-hydrogen) atoms. The number of H-pyrrole nitrogens is 1. The molecular weight excluding hydrogens is 666 g/mol. The highest BCUT2D eigenvalue weighted by molar-refractivity contribution is 7.18. The minimum atomic E-state index is -4.27. The molecule has 5 heterocycles. The van der Waals surface area contributed by atoms with Gasteiger partial charge in [-0.05, 0) is 79.8 Å². The average molecular weight is 701 g/mol. The van der Waals surface area contributed by atoms with Crippen LogP contribution in [0, 0.1) is 23.7 Å². The second kappa shape index (κ2) is 11.9. The predicted molar refractivity (Wildman–Crippen MR) is 184 cm³/mol. The summed E-state index contributed by atoms with van der Waals surface area (Å²) in [5.41, 5.74) is 3.78. The van der Waals surface area contributed by atoms with Gasteiger partial charge in [-0.25, -0.2) is 9.97 Å². The van der Waals surface area contributed by atoms with Crippen LogP contribution in [0.4, 0.5) is 19.0 Å². The summed E-state index contributed by atoms with van der Waals surface area (Å²) in [4.78, 5) is 38.7. The number of aromatic amines is 1. The fourth-order valence-electron chi connectivity index (χ4n) is 8.45. The molecule has 3 saturated carbocycles. The Morgan fingerprint density at radius 1 is 1.12 bits per heavy atom. The van der Waals surface area contributed by atoms with Gasteiger partial charge < -0.3 is 20.2 Å². The first-order valence-corrected chi connectivity index (χ1v) is 17.5. The number of benzene rings is 1. The maximum atomic E-state index is 13.0. The van der Waals surface area contributed by atoms with Crippen LogP contribution in [0.3, 0.4) is 0 Å². The molecule has 10 nitrogen and oxygen atoms in total. The van der Waals surface area contributed by atoms with Crippen LogP contribution >= 0.6 is 11.3 Å². The number of pyridine rings is 1. The van der Waals surface area contributed by atoms with Crippen molar-refractivity contribution in [2.75, 3.05) is 18.4 Å². The standard InChI is InChI=1S/C36H35F3N8O2S/c1-21-22(15-46-9-7-23(8-10-46)43-31-27-12-25(13-36(37,38)39)50-33(27)42-20-41-31)5-6-29-26(21)11-24(14-40)47(29)19-34-16-35(17-34,18-34)45-32(49)28-3-2-4-30(48)44-28/h2-6,11-12,20,23H,7-10,13,15-19H2,1H3,(H,44,48)(H,45,49)(H,41,42,43). The van der Waals surface area contributed by atoms with Crippen LogP contribution in [0.1, 0.15) is 64.3 Å². The van der Waals surface area contributed by atoms with E-state index in [1.165, 1.54) is 18.0 Å². The van der Waals surface area contributed by atoms with Crippen LogP contribution in [0.2, 0.25) is 0 Å². The second-order valence-electron chi connectivity index (χ2n) is 14.3. The van der Waals surface area contributed by atoms with E-state index in [0.29, 0.717) is 28.3 Å². The highest BCUT2D eigenvalue weighted by atomic mass is 32.1. The van der Waals surface area contributed by atoms with Crippen molar-refractivity contribution in [3.05, 3.63) is 86.5 Å². The number of nitrogens with one attached hydrogen (secondary N) is 3. The second-order valence-corrected chi connectivity index (χ2v) is 15.5. The van der Waals surface area contributed by atoms with Crippen molar-refractivity contribution in [3.8, 4) is 6.07 Å². The Labute approximate surface area is 289 Å². The van der Waals surface area contributed by atoms with Gasteiger partial charge >= 0.3 is 6.18 Å². The quantitative estimate of drug-likeness (QED) is 0.171. The number of rotatable bonds is 9. The number of alkyl halides is 3. The zero-order chi connectivity index (χ0) is 34.8. The summed E-state index contributed by atoms with van der Waals surface area (Å²) in [6.45, 7) is 5.33. The average Bonchev–Trinajstić information content (AvgIpc) is 3.62. The van der Waals surface area contributed by atoms with Crippen LogP contribution in [0.15, 0.2) is 53.6 Å². The number of nitrogens with zero attached hydrogens (tertiary/aromatic N) is 5. The van der Waals surface area contributed by atoms with E-state index in [0.717, 1.165) is 79.5 Å². The van der Waals surface area contributed by atoms with Gasteiger partial charge in [0.05, 0.1) is 11.8 Å². The molecule has 1 aromatic carbocycles. The number of fused-ring (bicyclic) bond motifs is 2. The third kappa shape index (κ3) is 6.02. The van der Waals surface area contributed by atoms with Gasteiger partial charge in [0, 0.05) is 59.6 Å². The van der Waals surface area contributed by atoms with Crippen molar-refractivity contribution in [1.29, 1.82) is 5.26 Å². The van der Waals surface area contributed by atoms with E-state index < -0.39 is 12.6 Å². The number of thiophene rings is 1. The van der Waals surface area contributed by atoms with Crippen LogP contribution in [0.5, 0.6) is 0 Å². The maximum Gasteiger partial charge on any atom is 0.393 e. The monoisotopic (exact) mass is 700 g/mol. The normalized spacial score (nSPS) is 22.2. The van der Waals surface area contributed by atoms with Crippen molar-refractivity contribution in [3.63, 3.8) is 0 Å². The number of amides is 1. The molecule has 5 aromatic rings. The van der Waals surface area contributed by atoms with E-state index in [4.69, 9.17) is 0 Å². The van der Waals surface area contributed by atoms with E-state index in [9.17, 15) is 28.0 Å². The lowest BCUT2D eigenvalue weighted by molar-refractivity contribution is -0.156. The Morgan fingerprint density at radius 2 is 1.90 bits per heavy atom. The lowest BCUT2D eigenvalue weighted by Crippen LogP contribution is -2.75. The van der Waals surface area contributed by atoms with Gasteiger partial charge in [-0.3, -0.25) is 14.5 Å². The van der Waals surface area contributed by atoms with Gasteiger partial charge in [-0.15, -0.1) is 11.3 Å². The summed E-state index contributed by atoms with van der Waals surface area (Å²) in [6.07, 6.45) is 0.416. The molecule has 0 atom stereocenters. The van der Waals surface area contributed by atoms with Crippen molar-refractivity contribution in [2.24, 2.45) is 5.41 Å². The maximum absolute atomic E-state index is 13.0. The first-order valence-electron chi connectivity index (χ1n) is 16.7. The van der Waals surface area contributed by atoms with Crippen molar-refractivity contribution < 1.29 is 18.0 Å². The summed E-state index contributed by atoms with van der Waals surface area (Å²) in [5, 5.41) is 18.4. The number of hydrogen-bond donors (Lipinski definition) is 3. The number of halogens is 3. The molecular formula is C36H35F3N8O2S. The number of carbonyl (C=O) groups excluding carboxylic acids is 1. The van der Waals surface area contributed by atoms with Gasteiger partial charge in [0.25, 0.3) is 5.91 Å². The Kier molecular flexibility index (Phi) is 7.76. The van der Waals surface area contributed by atoms with E-state index in [-0.39, 0.29) is 39.0 Å². The number of hydrogen-bond acceptors (Lipinski definition) is 8. The third-order valence-corrected chi connectivity index (χ3v) is 11.7. The van der Waals surface area contributed by atoms with Gasteiger partial charge in [0.15, 0.2) is 0 Å². The highest BCUT2D eigenvalue weighted by Crippen LogP contribution is 2.68. The molecule has 3 aliphatic carbocycles. The Balaban J connectivity index is 0.894. The fraction of sp³-hybridized carbons (Fsp3) is 0.417. The molecule has 258 valence electrons. The molecule has 0 spiro atoms. The molecule has 1 amide bonds. The van der Waals surface area contributed by atoms with Crippen LogP contribution in [0.25, 0.3) is 21.1 Å². The largest absolute Gasteiger partial charge is 0.393 e. The Morgan fingerprint density at radius 3 is 2.62 bits per heavy atom. The highest BCUT2D eigenvalue weighted by Gasteiger charge is 2.68. The molecule has 9 rings (SSSR count). The summed E-state index contributed by atoms with van der Waals surface area (Å²) >= 11 is 1.06. The summed E-state index contributed by atoms with van der Waals surface area (Å²) in [6, 6.07) is 14.9. The smallest absolute Gasteiger partial charge is 0.367 e. The Hall–Kier alpha value is -4.74. The molecule has 0 unspecified atom stereocenters. The topological polar surface area (TPSA) is 132 Å². The van der Waals surface area contributed by atoms with E-state index in [1.807, 2.05) is 6.07 Å². The molecule has 4 aromatic heterocycles. The number of likely N-dealkylation sites (tertiary alicyclic amines) is 1. The number of aromatic nitrogens is 4. The van der Waals surface area contributed by atoms with Crippen molar-refractivity contribution in [2.45, 2.75) is 76.3 Å². The predicted octanol–water partition coefficient (Wildman–Crippen LogP) is 6.05. The number of anilines is 1. The van der Waals surface area contributed by atoms with E-state index in [1.54, 1.807) is 18.2 Å². The van der Waals surface area contributed by atoms with Gasteiger partial charge in [0.1, 0.15) is 34.4 Å². The van der Waals surface area contributed by atoms with E-state index >= 15 is 0 Å². The lowest BCUT2D eigenvalue weighted by atomic mass is 9.39. The Bertz CT molecular complexity index is 2220. The molecule has 1 saturated heterocycles. The minimum Gasteiger partial charge on any atom is -0.367 e. The minimum absolute atomic E-state index is 0.0339. The SMILES string of the molecule is Cc1c(CN2CCC(Nc3ncnc4sc(CC(F)(F)F)cc34)CC2)ccc2c1cc(C#N)n2CC12CC(NC(=O)c3cccc(=O)[nH]3)(C1)C2. The van der Waals surface area contributed by atoms with E-state index in [2.05, 4.69) is 60.2 Å². The zero-order valence-corrected chi connectivity index (χ0v) is 28.2. The molecule has 2 bridgehead atoms. The molecule has 0 radical (unpaired) electrons. The number of nitriles is 1. The van der Waals surface area contributed by atoms with Gasteiger partial charge in [-0.1, -0.05) is 12.1 Å². The summed E-state index contributed by atoms with van der Waals surface area (Å²) in [7, 11) is 0. The number of aryl methyl sites for hydroxylation is 1. The molecule has 3 N–H and O–H groups in total. The molecule has 4 aliphatic rings. The van der Waals surface area contributed by atoms with Crippen LogP contribution < -0.4 is 16.2 Å². The molecule has 1 aliphatic heterocycles. The lowest BCUT2D eigenvalue weighted by Gasteiger charge is -2.70. The van der Waals surface area contributed by atoms with Crippen molar-refractivity contribution >= 4 is 44.2 Å². The van der Waals surface area contributed by atoms with Gasteiger partial charge in [-0.2, -0.15) is 18.4 Å². The summed E-state index contributed by atoms with van der Waals surface area (Å²) in [5.74, 6) is 0.316. The van der Waals surface area contributed by atoms with Gasteiger partial charge in [0.2, 0.25) is 5.56 Å². The van der Waals surface area contributed by atoms with Crippen molar-refractivity contribution in [1.82, 2.24) is 29.7 Å². The summed E-state index contributed by atoms with van der Waals surface area (Å²) < 4.78 is 41.0. The zero-order valence-electron chi connectivity index (χ0n) is 27.4. The third-order valence-electron chi connectivity index (χ3n) is 10.7. The van der Waals surface area contributed by atoms with Crippen LogP contribution in [-0.2, 0) is 19.5 Å². The first kappa shape index (κ1) is 32.5. The first-order chi connectivity index (χ1) is 23.9. The number of piperidine rings is 1. The van der Waals surface area contributed by atoms with Crippen LogP contribution in [-0.4, -0.2) is 61.2 Å². The molecule has 4 fully saturated rings. The number of carbonyl (C=O) groups is 1.